The van der Waals surface area contributed by atoms with Crippen molar-refractivity contribution in [3.8, 4) is 0 Å². The van der Waals surface area contributed by atoms with Gasteiger partial charge in [-0.15, -0.1) is 0 Å². The highest BCUT2D eigenvalue weighted by atomic mass is 16.5. The highest BCUT2D eigenvalue weighted by molar-refractivity contribution is 5.80. The van der Waals surface area contributed by atoms with E-state index in [4.69, 9.17) is 9.47 Å². The Kier molecular flexibility index (Phi) is 1.93. The summed E-state index contributed by atoms with van der Waals surface area (Å²) in [6, 6.07) is 0. The smallest absolute Gasteiger partial charge is 0.138 e. The third-order valence-electron chi connectivity index (χ3n) is 2.84. The number of rotatable bonds is 1. The van der Waals surface area contributed by atoms with Crippen molar-refractivity contribution in [2.45, 2.75) is 37.4 Å². The zero-order valence-corrected chi connectivity index (χ0v) is 7.34. The second-order valence-corrected chi connectivity index (χ2v) is 3.76. The van der Waals surface area contributed by atoms with Gasteiger partial charge in [0.25, 0.3) is 0 Å². The van der Waals surface area contributed by atoms with E-state index in [1.165, 1.54) is 0 Å². The number of methoxy groups -OCH3 is 1. The van der Waals surface area contributed by atoms with Crippen LogP contribution < -0.4 is 0 Å². The standard InChI is InChI=1S/C9H14O3/c1-11-8-5-9(6-8)4-7(10)2-3-12-9/h8H,2-6H2,1H3. The average Bonchev–Trinajstić information content (AvgIpc) is 1.99. The van der Waals surface area contributed by atoms with Crippen LogP contribution in [-0.4, -0.2) is 31.2 Å². The van der Waals surface area contributed by atoms with Crippen molar-refractivity contribution < 1.29 is 14.3 Å². The van der Waals surface area contributed by atoms with E-state index in [0.29, 0.717) is 31.3 Å². The lowest BCUT2D eigenvalue weighted by Crippen LogP contribution is -2.53. The van der Waals surface area contributed by atoms with Gasteiger partial charge in [-0.25, -0.2) is 0 Å². The Balaban J connectivity index is 1.92. The van der Waals surface area contributed by atoms with Gasteiger partial charge >= 0.3 is 0 Å². The summed E-state index contributed by atoms with van der Waals surface area (Å²) in [6.45, 7) is 0.606. The van der Waals surface area contributed by atoms with Crippen molar-refractivity contribution in [3.63, 3.8) is 0 Å². The molecular formula is C9H14O3. The fraction of sp³-hybridized carbons (Fsp3) is 0.889. The van der Waals surface area contributed by atoms with Crippen LogP contribution in [0.1, 0.15) is 25.7 Å². The van der Waals surface area contributed by atoms with Crippen molar-refractivity contribution in [2.75, 3.05) is 13.7 Å². The molecule has 3 heteroatoms. The first-order chi connectivity index (χ1) is 5.74. The molecule has 1 aliphatic carbocycles. The lowest BCUT2D eigenvalue weighted by atomic mass is 9.72. The molecule has 2 rings (SSSR count). The third kappa shape index (κ3) is 1.27. The highest BCUT2D eigenvalue weighted by Gasteiger charge is 2.48. The minimum Gasteiger partial charge on any atom is -0.381 e. The average molecular weight is 170 g/mol. The van der Waals surface area contributed by atoms with Crippen LogP contribution in [0.15, 0.2) is 0 Å². The minimum atomic E-state index is -0.129. The largest absolute Gasteiger partial charge is 0.381 e. The SMILES string of the molecule is COC1CC2(CC(=O)CCO2)C1. The van der Waals surface area contributed by atoms with Crippen LogP contribution in [-0.2, 0) is 14.3 Å². The summed E-state index contributed by atoms with van der Waals surface area (Å²) in [5, 5.41) is 0. The molecule has 1 heterocycles. The molecule has 0 bridgehead atoms. The van der Waals surface area contributed by atoms with Crippen molar-refractivity contribution >= 4 is 5.78 Å². The Hall–Kier alpha value is -0.410. The molecule has 0 radical (unpaired) electrons. The van der Waals surface area contributed by atoms with Gasteiger partial charge in [-0.3, -0.25) is 4.79 Å². The number of carbonyl (C=O) groups excluding carboxylic acids is 1. The molecule has 0 atom stereocenters. The predicted molar refractivity (Wildman–Crippen MR) is 43.0 cm³/mol. The molecule has 0 aromatic carbocycles. The molecule has 0 aromatic heterocycles. The summed E-state index contributed by atoms with van der Waals surface area (Å²) >= 11 is 0. The summed E-state index contributed by atoms with van der Waals surface area (Å²) in [5.41, 5.74) is -0.129. The van der Waals surface area contributed by atoms with Gasteiger partial charge in [0.05, 0.1) is 18.3 Å². The topological polar surface area (TPSA) is 35.5 Å². The molecule has 2 aliphatic rings. The quantitative estimate of drug-likeness (QED) is 0.587. The van der Waals surface area contributed by atoms with Crippen molar-refractivity contribution in [2.24, 2.45) is 0 Å². The zero-order valence-electron chi connectivity index (χ0n) is 7.34. The highest BCUT2D eigenvalue weighted by Crippen LogP contribution is 2.42. The number of Topliss-reactive ketones (excluding diaryl/α,β-unsaturated/α-hetero) is 1. The Bertz CT molecular complexity index is 194. The number of hydrogen-bond donors (Lipinski definition) is 0. The van der Waals surface area contributed by atoms with E-state index in [0.717, 1.165) is 12.8 Å². The van der Waals surface area contributed by atoms with E-state index in [1.807, 2.05) is 0 Å². The molecule has 1 saturated heterocycles. The van der Waals surface area contributed by atoms with Crippen LogP contribution >= 0.6 is 0 Å². The van der Waals surface area contributed by atoms with Gasteiger partial charge in [-0.2, -0.15) is 0 Å². The first kappa shape index (κ1) is 8.20. The van der Waals surface area contributed by atoms with Crippen LogP contribution in [0.3, 0.4) is 0 Å². The van der Waals surface area contributed by atoms with Gasteiger partial charge in [0.15, 0.2) is 0 Å². The van der Waals surface area contributed by atoms with E-state index < -0.39 is 0 Å². The predicted octanol–water partition coefficient (Wildman–Crippen LogP) is 0.913. The normalized spacial score (nSPS) is 41.4. The van der Waals surface area contributed by atoms with Crippen molar-refractivity contribution in [3.05, 3.63) is 0 Å². The van der Waals surface area contributed by atoms with Crippen LogP contribution in [0.25, 0.3) is 0 Å². The molecule has 3 nitrogen and oxygen atoms in total. The molecule has 0 unspecified atom stereocenters. The summed E-state index contributed by atoms with van der Waals surface area (Å²) in [4.78, 5) is 11.1. The van der Waals surface area contributed by atoms with Crippen LogP contribution in [0.5, 0.6) is 0 Å². The molecule has 68 valence electrons. The first-order valence-electron chi connectivity index (χ1n) is 4.43. The summed E-state index contributed by atoms with van der Waals surface area (Å²) in [5.74, 6) is 0.343. The lowest BCUT2D eigenvalue weighted by molar-refractivity contribution is -0.185. The molecule has 0 amide bonds. The Morgan fingerprint density at radius 1 is 1.58 bits per heavy atom. The van der Waals surface area contributed by atoms with Gasteiger partial charge in [-0.1, -0.05) is 0 Å². The van der Waals surface area contributed by atoms with Gasteiger partial charge in [0, 0.05) is 32.8 Å². The van der Waals surface area contributed by atoms with E-state index in [1.54, 1.807) is 7.11 Å². The van der Waals surface area contributed by atoms with Gasteiger partial charge in [-0.05, 0) is 0 Å². The molecule has 0 N–H and O–H groups in total. The van der Waals surface area contributed by atoms with E-state index in [-0.39, 0.29) is 5.60 Å². The fourth-order valence-corrected chi connectivity index (χ4v) is 2.08. The van der Waals surface area contributed by atoms with Gasteiger partial charge < -0.3 is 9.47 Å². The molecule has 1 saturated carbocycles. The second-order valence-electron chi connectivity index (χ2n) is 3.76. The Morgan fingerprint density at radius 3 is 2.92 bits per heavy atom. The second kappa shape index (κ2) is 2.82. The molecular weight excluding hydrogens is 156 g/mol. The van der Waals surface area contributed by atoms with Gasteiger partial charge in [0.1, 0.15) is 5.78 Å². The zero-order chi connectivity index (χ0) is 8.60. The van der Waals surface area contributed by atoms with Crippen LogP contribution in [0.4, 0.5) is 0 Å². The molecule has 12 heavy (non-hydrogen) atoms. The van der Waals surface area contributed by atoms with Crippen LogP contribution in [0, 0.1) is 0 Å². The van der Waals surface area contributed by atoms with E-state index in [9.17, 15) is 4.79 Å². The van der Waals surface area contributed by atoms with Crippen molar-refractivity contribution in [1.29, 1.82) is 0 Å². The maximum atomic E-state index is 11.1. The first-order valence-corrected chi connectivity index (χ1v) is 4.43. The molecule has 1 spiro atoms. The summed E-state index contributed by atoms with van der Waals surface area (Å²) < 4.78 is 10.8. The molecule has 1 aliphatic heterocycles. The van der Waals surface area contributed by atoms with E-state index in [2.05, 4.69) is 0 Å². The maximum absolute atomic E-state index is 11.1. The van der Waals surface area contributed by atoms with Crippen molar-refractivity contribution in [1.82, 2.24) is 0 Å². The Labute approximate surface area is 72.0 Å². The number of carbonyl (C=O) groups is 1. The fourth-order valence-electron chi connectivity index (χ4n) is 2.08. The Morgan fingerprint density at radius 2 is 2.33 bits per heavy atom. The molecule has 0 aromatic rings. The number of ether oxygens (including phenoxy) is 2. The lowest BCUT2D eigenvalue weighted by Gasteiger charge is -2.48. The third-order valence-corrected chi connectivity index (χ3v) is 2.84. The number of hydrogen-bond acceptors (Lipinski definition) is 3. The minimum absolute atomic E-state index is 0.129. The summed E-state index contributed by atoms with van der Waals surface area (Å²) in [7, 11) is 1.71. The maximum Gasteiger partial charge on any atom is 0.138 e. The van der Waals surface area contributed by atoms with E-state index >= 15 is 0 Å². The van der Waals surface area contributed by atoms with Gasteiger partial charge in [0.2, 0.25) is 0 Å². The van der Waals surface area contributed by atoms with Crippen LogP contribution in [0.2, 0.25) is 0 Å². The summed E-state index contributed by atoms with van der Waals surface area (Å²) in [6.07, 6.45) is 3.31. The monoisotopic (exact) mass is 170 g/mol. The number of ketones is 1. The molecule has 2 fully saturated rings.